The highest BCUT2D eigenvalue weighted by Crippen LogP contribution is 2.48. The van der Waals surface area contributed by atoms with Crippen LogP contribution < -0.4 is 0 Å². The smallest absolute Gasteiger partial charge is 0.314 e. The number of fused-ring (bicyclic) bond motifs is 2. The Morgan fingerprint density at radius 2 is 1.40 bits per heavy atom. The molecule has 0 aromatic heterocycles. The third kappa shape index (κ3) is 2.90. The molecule has 30 heavy (non-hydrogen) atoms. The van der Waals surface area contributed by atoms with E-state index in [0.717, 1.165) is 17.5 Å². The first-order valence-corrected chi connectivity index (χ1v) is 10.8. The van der Waals surface area contributed by atoms with Crippen molar-refractivity contribution in [3.8, 4) is 11.1 Å². The van der Waals surface area contributed by atoms with Gasteiger partial charge in [0.15, 0.2) is 0 Å². The van der Waals surface area contributed by atoms with E-state index in [-0.39, 0.29) is 22.5 Å². The lowest BCUT2D eigenvalue weighted by Gasteiger charge is -2.42. The Labute approximate surface area is 179 Å². The molecule has 2 aromatic rings. The summed E-state index contributed by atoms with van der Waals surface area (Å²) in [5.41, 5.74) is 5.42. The van der Waals surface area contributed by atoms with E-state index in [2.05, 4.69) is 45.9 Å². The van der Waals surface area contributed by atoms with E-state index in [1.807, 2.05) is 25.1 Å². The Morgan fingerprint density at radius 3 is 2.00 bits per heavy atom. The van der Waals surface area contributed by atoms with Crippen LogP contribution in [0.3, 0.4) is 0 Å². The first-order chi connectivity index (χ1) is 13.9. The molecule has 2 atom stereocenters. The van der Waals surface area contributed by atoms with Gasteiger partial charge >= 0.3 is 5.97 Å². The second-order valence-corrected chi connectivity index (χ2v) is 10.6. The number of carboxylic acid groups (broad SMARTS) is 1. The van der Waals surface area contributed by atoms with Crippen LogP contribution in [-0.2, 0) is 21.0 Å². The summed E-state index contributed by atoms with van der Waals surface area (Å²) in [6.45, 7) is 12.8. The fourth-order valence-corrected chi connectivity index (χ4v) is 5.21. The van der Waals surface area contributed by atoms with Crippen LogP contribution in [0.1, 0.15) is 76.6 Å². The minimum Gasteiger partial charge on any atom is -0.508 e. The fourth-order valence-electron chi connectivity index (χ4n) is 5.21. The molecule has 0 saturated heterocycles. The zero-order valence-electron chi connectivity index (χ0n) is 18.8. The summed E-state index contributed by atoms with van der Waals surface area (Å²) in [6.07, 6.45) is 3.99. The molecule has 0 radical (unpaired) electrons. The number of aliphatic hydroxyl groups is 1. The summed E-state index contributed by atoms with van der Waals surface area (Å²) in [5, 5.41) is 20.5. The van der Waals surface area contributed by atoms with Crippen molar-refractivity contribution in [3.63, 3.8) is 0 Å². The maximum atomic E-state index is 12.1. The monoisotopic (exact) mass is 404 g/mol. The molecular formula is C27H32O3. The van der Waals surface area contributed by atoms with Crippen LogP contribution in [0, 0.1) is 5.92 Å². The molecule has 0 amide bonds. The summed E-state index contributed by atoms with van der Waals surface area (Å²) in [4.78, 5) is 12.1. The van der Waals surface area contributed by atoms with Gasteiger partial charge in [0.1, 0.15) is 5.76 Å². The van der Waals surface area contributed by atoms with Crippen molar-refractivity contribution in [3.05, 3.63) is 64.7 Å². The average Bonchev–Trinajstić information content (AvgIpc) is 2.69. The topological polar surface area (TPSA) is 57.5 Å². The number of benzene rings is 2. The molecule has 2 N–H and O–H groups in total. The summed E-state index contributed by atoms with van der Waals surface area (Å²) in [7, 11) is 0. The molecule has 0 aliphatic heterocycles. The Bertz CT molecular complexity index is 1070. The van der Waals surface area contributed by atoms with Crippen molar-refractivity contribution in [2.24, 2.45) is 5.92 Å². The molecule has 0 bridgehead atoms. The first kappa shape index (κ1) is 20.7. The van der Waals surface area contributed by atoms with Gasteiger partial charge in [0, 0.05) is 5.56 Å². The number of rotatable bonds is 2. The van der Waals surface area contributed by atoms with Gasteiger partial charge in [-0.15, -0.1) is 0 Å². The van der Waals surface area contributed by atoms with Crippen molar-refractivity contribution in [2.45, 2.75) is 70.6 Å². The predicted octanol–water partition coefficient (Wildman–Crippen LogP) is 6.59. The number of hydrogen-bond donors (Lipinski definition) is 2. The van der Waals surface area contributed by atoms with Gasteiger partial charge in [0.2, 0.25) is 0 Å². The molecule has 2 aliphatic carbocycles. The summed E-state index contributed by atoms with van der Waals surface area (Å²) >= 11 is 0. The quantitative estimate of drug-likeness (QED) is 0.593. The van der Waals surface area contributed by atoms with Gasteiger partial charge in [-0.1, -0.05) is 65.0 Å². The van der Waals surface area contributed by atoms with Gasteiger partial charge in [-0.05, 0) is 76.5 Å². The van der Waals surface area contributed by atoms with Gasteiger partial charge in [-0.3, -0.25) is 4.79 Å². The van der Waals surface area contributed by atoms with E-state index in [1.54, 1.807) is 13.0 Å². The highest BCUT2D eigenvalue weighted by Gasteiger charge is 2.44. The lowest BCUT2D eigenvalue weighted by Crippen LogP contribution is -2.41. The highest BCUT2D eigenvalue weighted by molar-refractivity contribution is 5.87. The Balaban J connectivity index is 1.86. The summed E-state index contributed by atoms with van der Waals surface area (Å²) < 4.78 is 0. The second-order valence-electron chi connectivity index (χ2n) is 10.6. The molecule has 2 unspecified atom stereocenters. The van der Waals surface area contributed by atoms with E-state index in [4.69, 9.17) is 0 Å². The first-order valence-electron chi connectivity index (χ1n) is 10.8. The van der Waals surface area contributed by atoms with Crippen molar-refractivity contribution in [1.29, 1.82) is 0 Å². The molecule has 0 heterocycles. The van der Waals surface area contributed by atoms with Crippen molar-refractivity contribution < 1.29 is 15.0 Å². The maximum Gasteiger partial charge on any atom is 0.314 e. The van der Waals surface area contributed by atoms with Crippen molar-refractivity contribution in [2.75, 3.05) is 0 Å². The van der Waals surface area contributed by atoms with Crippen LogP contribution in [-0.4, -0.2) is 16.2 Å². The average molecular weight is 405 g/mol. The fraction of sp³-hybridized carbons (Fsp3) is 0.444. The van der Waals surface area contributed by atoms with Crippen LogP contribution in [0.2, 0.25) is 0 Å². The SMILES string of the molecule is CC1C=C(O)c2cc(-c3ccc4c(c3)C(C)(C)CCC4(C)C)ccc2C1(C)C(=O)O. The largest absolute Gasteiger partial charge is 0.508 e. The van der Waals surface area contributed by atoms with E-state index in [1.165, 1.54) is 17.5 Å². The maximum absolute atomic E-state index is 12.1. The number of hydrogen-bond acceptors (Lipinski definition) is 2. The lowest BCUT2D eigenvalue weighted by molar-refractivity contribution is -0.144. The third-order valence-corrected chi connectivity index (χ3v) is 7.80. The zero-order valence-corrected chi connectivity index (χ0v) is 18.8. The zero-order chi connectivity index (χ0) is 22.1. The molecule has 0 spiro atoms. The molecule has 3 heteroatoms. The standard InChI is InChI=1S/C27H32O3/c1-16-13-23(28)19-14-17(7-9-20(19)27(16,6)24(29)30)18-8-10-21-22(15-18)26(4,5)12-11-25(21,2)3/h7-10,13-16,28H,11-12H2,1-6H3,(H,29,30). The molecule has 0 saturated carbocycles. The van der Waals surface area contributed by atoms with Crippen LogP contribution in [0.25, 0.3) is 16.9 Å². The van der Waals surface area contributed by atoms with E-state index < -0.39 is 11.4 Å². The van der Waals surface area contributed by atoms with E-state index in [9.17, 15) is 15.0 Å². The van der Waals surface area contributed by atoms with Gasteiger partial charge in [0.25, 0.3) is 0 Å². The molecule has 2 aromatic carbocycles. The third-order valence-electron chi connectivity index (χ3n) is 7.80. The summed E-state index contributed by atoms with van der Waals surface area (Å²) in [5.74, 6) is -0.997. The number of carbonyl (C=O) groups is 1. The number of aliphatic carboxylic acids is 1. The molecule has 158 valence electrons. The molecule has 0 fully saturated rings. The second kappa shape index (κ2) is 6.47. The van der Waals surface area contributed by atoms with Crippen LogP contribution in [0.5, 0.6) is 0 Å². The van der Waals surface area contributed by atoms with Crippen molar-refractivity contribution >= 4 is 11.7 Å². The van der Waals surface area contributed by atoms with E-state index >= 15 is 0 Å². The normalized spacial score (nSPS) is 26.3. The van der Waals surface area contributed by atoms with Gasteiger partial charge < -0.3 is 10.2 Å². The molecule has 3 nitrogen and oxygen atoms in total. The molecular weight excluding hydrogens is 372 g/mol. The Hall–Kier alpha value is -2.55. The lowest BCUT2D eigenvalue weighted by atomic mass is 9.63. The summed E-state index contributed by atoms with van der Waals surface area (Å²) in [6, 6.07) is 12.5. The minimum absolute atomic E-state index is 0.119. The Morgan fingerprint density at radius 1 is 0.867 bits per heavy atom. The Kier molecular flexibility index (Phi) is 4.47. The van der Waals surface area contributed by atoms with Gasteiger partial charge in [-0.25, -0.2) is 0 Å². The number of carboxylic acids is 1. The van der Waals surface area contributed by atoms with Crippen LogP contribution in [0.4, 0.5) is 0 Å². The van der Waals surface area contributed by atoms with Gasteiger partial charge in [0.05, 0.1) is 5.41 Å². The van der Waals surface area contributed by atoms with Gasteiger partial charge in [-0.2, -0.15) is 0 Å². The van der Waals surface area contributed by atoms with Crippen LogP contribution in [0.15, 0.2) is 42.5 Å². The van der Waals surface area contributed by atoms with Crippen LogP contribution >= 0.6 is 0 Å². The predicted molar refractivity (Wildman–Crippen MR) is 122 cm³/mol. The minimum atomic E-state index is -1.05. The highest BCUT2D eigenvalue weighted by atomic mass is 16.4. The molecule has 2 aliphatic rings. The number of allylic oxidation sites excluding steroid dienone is 1. The molecule has 4 rings (SSSR count). The number of aliphatic hydroxyl groups excluding tert-OH is 1. The van der Waals surface area contributed by atoms with Crippen molar-refractivity contribution in [1.82, 2.24) is 0 Å². The van der Waals surface area contributed by atoms with E-state index in [0.29, 0.717) is 11.1 Å².